The van der Waals surface area contributed by atoms with E-state index >= 15 is 0 Å². The van der Waals surface area contributed by atoms with Crippen molar-refractivity contribution in [2.45, 2.75) is 25.2 Å². The fourth-order valence-electron chi connectivity index (χ4n) is 3.18. The molecule has 2 aromatic rings. The van der Waals surface area contributed by atoms with E-state index < -0.39 is 10.0 Å². The van der Waals surface area contributed by atoms with Gasteiger partial charge in [-0.1, -0.05) is 13.8 Å². The van der Waals surface area contributed by atoms with E-state index in [0.29, 0.717) is 35.6 Å². The molecule has 0 bridgehead atoms. The number of piperidine rings is 1. The van der Waals surface area contributed by atoms with E-state index in [4.69, 9.17) is 0 Å². The molecule has 0 radical (unpaired) electrons. The minimum atomic E-state index is -3.53. The summed E-state index contributed by atoms with van der Waals surface area (Å²) in [7, 11) is -3.53. The molecule has 8 heteroatoms. The fraction of sp³-hybridized carbons (Fsp3) is 0.412. The largest absolute Gasteiger partial charge is 0.298 e. The van der Waals surface area contributed by atoms with E-state index in [1.54, 1.807) is 15.9 Å². The maximum Gasteiger partial charge on any atom is 0.257 e. The number of anilines is 1. The van der Waals surface area contributed by atoms with Gasteiger partial charge in [0.05, 0.1) is 4.90 Å². The highest BCUT2D eigenvalue weighted by Crippen LogP contribution is 2.26. The third kappa shape index (κ3) is 4.08. The van der Waals surface area contributed by atoms with Crippen LogP contribution in [0.3, 0.4) is 0 Å². The van der Waals surface area contributed by atoms with Gasteiger partial charge in [0.1, 0.15) is 0 Å². The second-order valence-electron chi connectivity index (χ2n) is 6.58. The molecule has 134 valence electrons. The summed E-state index contributed by atoms with van der Waals surface area (Å²) in [6.07, 6.45) is 2.65. The minimum Gasteiger partial charge on any atom is -0.298 e. The number of rotatable bonds is 4. The number of carbonyl (C=O) groups is 1. The van der Waals surface area contributed by atoms with Crippen molar-refractivity contribution in [1.82, 2.24) is 9.29 Å². The fourth-order valence-corrected chi connectivity index (χ4v) is 5.39. The summed E-state index contributed by atoms with van der Waals surface area (Å²) in [5, 5.41) is 4.96. The Hall–Kier alpha value is -1.77. The molecule has 0 spiro atoms. The molecule has 2 unspecified atom stereocenters. The second-order valence-corrected chi connectivity index (χ2v) is 9.42. The van der Waals surface area contributed by atoms with Gasteiger partial charge >= 0.3 is 0 Å². The SMILES string of the molecule is CC1CC(C)CN(S(=O)(=O)c2ccc(C(=O)Nc3nccs3)cc2)C1. The van der Waals surface area contributed by atoms with E-state index in [1.807, 2.05) is 0 Å². The van der Waals surface area contributed by atoms with Crippen LogP contribution in [0.1, 0.15) is 30.6 Å². The van der Waals surface area contributed by atoms with Crippen LogP contribution in [0.25, 0.3) is 0 Å². The lowest BCUT2D eigenvalue weighted by molar-refractivity contribution is 0.102. The Kier molecular flexibility index (Phi) is 5.21. The lowest BCUT2D eigenvalue weighted by atomic mass is 9.94. The molecule has 6 nitrogen and oxygen atoms in total. The van der Waals surface area contributed by atoms with Gasteiger partial charge in [-0.3, -0.25) is 10.1 Å². The molecule has 1 aliphatic rings. The monoisotopic (exact) mass is 379 g/mol. The molecular weight excluding hydrogens is 358 g/mol. The first-order valence-corrected chi connectivity index (χ1v) is 10.5. The molecular formula is C17H21N3O3S2. The summed E-state index contributed by atoms with van der Waals surface area (Å²) in [5.41, 5.74) is 0.398. The highest BCUT2D eigenvalue weighted by molar-refractivity contribution is 7.89. The van der Waals surface area contributed by atoms with E-state index in [9.17, 15) is 13.2 Å². The number of nitrogens with one attached hydrogen (secondary N) is 1. The summed E-state index contributed by atoms with van der Waals surface area (Å²) in [4.78, 5) is 16.4. The zero-order valence-corrected chi connectivity index (χ0v) is 15.8. The second kappa shape index (κ2) is 7.23. The zero-order chi connectivity index (χ0) is 18.0. The molecule has 1 aromatic heterocycles. The van der Waals surface area contributed by atoms with Gasteiger partial charge in [0.2, 0.25) is 10.0 Å². The number of benzene rings is 1. The standard InChI is InChI=1S/C17H21N3O3S2/c1-12-9-13(2)11-20(10-12)25(22,23)15-5-3-14(4-6-15)16(21)19-17-18-7-8-24-17/h3-8,12-13H,9-11H2,1-2H3,(H,18,19,21). The summed E-state index contributed by atoms with van der Waals surface area (Å²) in [6, 6.07) is 6.06. The highest BCUT2D eigenvalue weighted by atomic mass is 32.2. The van der Waals surface area contributed by atoms with Crippen LogP contribution in [0.2, 0.25) is 0 Å². The van der Waals surface area contributed by atoms with Gasteiger partial charge in [0.25, 0.3) is 5.91 Å². The van der Waals surface area contributed by atoms with Crippen molar-refractivity contribution in [3.05, 3.63) is 41.4 Å². The molecule has 1 amide bonds. The predicted octanol–water partition coefficient (Wildman–Crippen LogP) is 3.06. The van der Waals surface area contributed by atoms with Crippen molar-refractivity contribution in [2.75, 3.05) is 18.4 Å². The molecule has 1 aromatic carbocycles. The summed E-state index contributed by atoms with van der Waals surface area (Å²) in [5.74, 6) is 0.392. The number of aromatic nitrogens is 1. The van der Waals surface area contributed by atoms with Crippen LogP contribution in [0.4, 0.5) is 5.13 Å². The maximum absolute atomic E-state index is 12.8. The molecule has 0 aliphatic carbocycles. The number of nitrogens with zero attached hydrogens (tertiary/aromatic N) is 2. The lowest BCUT2D eigenvalue weighted by Crippen LogP contribution is -2.42. The molecule has 1 N–H and O–H groups in total. The molecule has 2 atom stereocenters. The number of hydrogen-bond acceptors (Lipinski definition) is 5. The Labute approximate surface area is 151 Å². The Balaban J connectivity index is 1.76. The Morgan fingerprint density at radius 1 is 1.20 bits per heavy atom. The first kappa shape index (κ1) is 18.0. The van der Waals surface area contributed by atoms with Crippen LogP contribution in [0, 0.1) is 11.8 Å². The highest BCUT2D eigenvalue weighted by Gasteiger charge is 2.31. The van der Waals surface area contributed by atoms with Crippen LogP contribution in [-0.2, 0) is 10.0 Å². The third-order valence-corrected chi connectivity index (χ3v) is 6.78. The average molecular weight is 380 g/mol. The van der Waals surface area contributed by atoms with Crippen LogP contribution < -0.4 is 5.32 Å². The molecule has 2 heterocycles. The van der Waals surface area contributed by atoms with Crippen molar-refractivity contribution in [3.8, 4) is 0 Å². The summed E-state index contributed by atoms with van der Waals surface area (Å²) >= 11 is 1.33. The first-order valence-electron chi connectivity index (χ1n) is 8.17. The van der Waals surface area contributed by atoms with Gasteiger partial charge in [-0.2, -0.15) is 4.31 Å². The lowest BCUT2D eigenvalue weighted by Gasteiger charge is -2.34. The van der Waals surface area contributed by atoms with E-state index in [1.165, 1.54) is 35.6 Å². The van der Waals surface area contributed by atoms with Crippen molar-refractivity contribution >= 4 is 32.4 Å². The molecule has 1 fully saturated rings. The molecule has 0 saturated carbocycles. The predicted molar refractivity (Wildman–Crippen MR) is 98.2 cm³/mol. The van der Waals surface area contributed by atoms with Crippen LogP contribution >= 0.6 is 11.3 Å². The van der Waals surface area contributed by atoms with Crippen LogP contribution in [0.5, 0.6) is 0 Å². The normalized spacial score (nSPS) is 21.8. The number of amides is 1. The third-order valence-electron chi connectivity index (χ3n) is 4.24. The molecule has 3 rings (SSSR count). The molecule has 1 aliphatic heterocycles. The minimum absolute atomic E-state index is 0.222. The number of sulfonamides is 1. The van der Waals surface area contributed by atoms with Gasteiger partial charge < -0.3 is 0 Å². The van der Waals surface area contributed by atoms with Gasteiger partial charge in [-0.15, -0.1) is 11.3 Å². The van der Waals surface area contributed by atoms with E-state index in [0.717, 1.165) is 6.42 Å². The zero-order valence-electron chi connectivity index (χ0n) is 14.2. The van der Waals surface area contributed by atoms with E-state index in [-0.39, 0.29) is 10.8 Å². The maximum atomic E-state index is 12.8. The van der Waals surface area contributed by atoms with E-state index in [2.05, 4.69) is 24.1 Å². The average Bonchev–Trinajstić information content (AvgIpc) is 3.07. The van der Waals surface area contributed by atoms with Crippen molar-refractivity contribution in [3.63, 3.8) is 0 Å². The Morgan fingerprint density at radius 3 is 2.40 bits per heavy atom. The number of carbonyl (C=O) groups excluding carboxylic acids is 1. The number of thiazole rings is 1. The quantitative estimate of drug-likeness (QED) is 0.885. The molecule has 1 saturated heterocycles. The summed E-state index contributed by atoms with van der Waals surface area (Å²) in [6.45, 7) is 5.23. The first-order chi connectivity index (χ1) is 11.9. The Morgan fingerprint density at radius 2 is 1.84 bits per heavy atom. The van der Waals surface area contributed by atoms with Crippen molar-refractivity contribution in [1.29, 1.82) is 0 Å². The smallest absolute Gasteiger partial charge is 0.257 e. The number of hydrogen-bond donors (Lipinski definition) is 1. The van der Waals surface area contributed by atoms with Crippen molar-refractivity contribution < 1.29 is 13.2 Å². The van der Waals surface area contributed by atoms with Gasteiger partial charge in [0, 0.05) is 30.2 Å². The van der Waals surface area contributed by atoms with Crippen molar-refractivity contribution in [2.24, 2.45) is 11.8 Å². The summed E-state index contributed by atoms with van der Waals surface area (Å²) < 4.78 is 27.2. The topological polar surface area (TPSA) is 79.4 Å². The van der Waals surface area contributed by atoms with Gasteiger partial charge in [-0.05, 0) is 42.5 Å². The Bertz CT molecular complexity index is 823. The van der Waals surface area contributed by atoms with Crippen LogP contribution in [0.15, 0.2) is 40.7 Å². The van der Waals surface area contributed by atoms with Gasteiger partial charge in [0.15, 0.2) is 5.13 Å². The van der Waals surface area contributed by atoms with Gasteiger partial charge in [-0.25, -0.2) is 13.4 Å². The van der Waals surface area contributed by atoms with Crippen LogP contribution in [-0.4, -0.2) is 36.7 Å². The molecule has 25 heavy (non-hydrogen) atoms.